The molecule has 2 bridgehead atoms. The fourth-order valence-electron chi connectivity index (χ4n) is 2.77. The summed E-state index contributed by atoms with van der Waals surface area (Å²) >= 11 is 0. The van der Waals surface area contributed by atoms with Gasteiger partial charge in [-0.15, -0.1) is 0 Å². The number of ketones is 1. The van der Waals surface area contributed by atoms with Gasteiger partial charge in [-0.3, -0.25) is 9.59 Å². The quantitative estimate of drug-likeness (QED) is 0.395. The van der Waals surface area contributed by atoms with Crippen molar-refractivity contribution in [2.75, 3.05) is 6.61 Å². The number of hydrogen-bond donors (Lipinski definition) is 0. The van der Waals surface area contributed by atoms with Gasteiger partial charge in [-0.25, -0.2) is 0 Å². The Balaban J connectivity index is 2.28. The van der Waals surface area contributed by atoms with Gasteiger partial charge in [0.2, 0.25) is 0 Å². The third kappa shape index (κ3) is 1.41. The van der Waals surface area contributed by atoms with Crippen molar-refractivity contribution in [3.05, 3.63) is 12.2 Å². The minimum absolute atomic E-state index is 0.0517. The van der Waals surface area contributed by atoms with Gasteiger partial charge in [0.1, 0.15) is 5.41 Å². The Morgan fingerprint density at radius 3 is 3.07 bits per heavy atom. The lowest BCUT2D eigenvalue weighted by molar-refractivity contribution is -0.161. The molecule has 0 spiro atoms. The van der Waals surface area contributed by atoms with Crippen LogP contribution >= 0.6 is 0 Å². The largest absolute Gasteiger partial charge is 0.465 e. The fourth-order valence-corrected chi connectivity index (χ4v) is 2.77. The van der Waals surface area contributed by atoms with E-state index in [9.17, 15) is 9.59 Å². The molecule has 2 aliphatic carbocycles. The Labute approximate surface area is 89.5 Å². The molecule has 0 aliphatic heterocycles. The summed E-state index contributed by atoms with van der Waals surface area (Å²) in [5.74, 6) is 0.0707. The van der Waals surface area contributed by atoms with Crippen molar-refractivity contribution in [3.8, 4) is 0 Å². The minimum atomic E-state index is -0.865. The summed E-state index contributed by atoms with van der Waals surface area (Å²) in [6, 6.07) is 0. The minimum Gasteiger partial charge on any atom is -0.465 e. The van der Waals surface area contributed by atoms with Gasteiger partial charge in [0, 0.05) is 6.42 Å². The molecular weight excluding hydrogens is 192 g/mol. The summed E-state index contributed by atoms with van der Waals surface area (Å²) in [5, 5.41) is 0. The number of fused-ring (bicyclic) bond motifs is 2. The number of allylic oxidation sites excluding steroid dienone is 1. The number of ether oxygens (including phenoxy) is 1. The molecule has 0 aromatic heterocycles. The zero-order valence-electron chi connectivity index (χ0n) is 9.04. The van der Waals surface area contributed by atoms with Crippen molar-refractivity contribution in [2.45, 2.75) is 32.6 Å². The second-order valence-electron chi connectivity index (χ2n) is 4.50. The van der Waals surface area contributed by atoms with Crippen molar-refractivity contribution in [2.24, 2.45) is 11.3 Å². The maximum Gasteiger partial charge on any atom is 0.319 e. The molecule has 3 heteroatoms. The predicted molar refractivity (Wildman–Crippen MR) is 55.2 cm³/mol. The van der Waals surface area contributed by atoms with Gasteiger partial charge < -0.3 is 4.74 Å². The van der Waals surface area contributed by atoms with E-state index < -0.39 is 5.41 Å². The van der Waals surface area contributed by atoms with Crippen LogP contribution in [0.5, 0.6) is 0 Å². The zero-order valence-corrected chi connectivity index (χ0v) is 9.04. The average molecular weight is 208 g/mol. The normalized spacial score (nSPS) is 34.3. The number of carbonyl (C=O) groups is 2. The summed E-state index contributed by atoms with van der Waals surface area (Å²) in [4.78, 5) is 23.7. The van der Waals surface area contributed by atoms with E-state index in [0.29, 0.717) is 31.8 Å². The van der Waals surface area contributed by atoms with Crippen LogP contribution in [-0.4, -0.2) is 18.4 Å². The summed E-state index contributed by atoms with van der Waals surface area (Å²) < 4.78 is 5.02. The maximum atomic E-state index is 11.9. The summed E-state index contributed by atoms with van der Waals surface area (Å²) in [7, 11) is 0. The molecule has 2 aliphatic rings. The molecule has 0 N–H and O–H groups in total. The van der Waals surface area contributed by atoms with Crippen LogP contribution in [0.3, 0.4) is 0 Å². The van der Waals surface area contributed by atoms with Crippen molar-refractivity contribution < 1.29 is 14.3 Å². The topological polar surface area (TPSA) is 43.4 Å². The molecule has 15 heavy (non-hydrogen) atoms. The van der Waals surface area contributed by atoms with Crippen LogP contribution in [-0.2, 0) is 14.3 Å². The van der Waals surface area contributed by atoms with Crippen molar-refractivity contribution in [1.29, 1.82) is 0 Å². The molecule has 3 nitrogen and oxygen atoms in total. The summed E-state index contributed by atoms with van der Waals surface area (Å²) in [6.45, 7) is 6.06. The van der Waals surface area contributed by atoms with Gasteiger partial charge in [0.15, 0.2) is 5.78 Å². The first-order valence-corrected chi connectivity index (χ1v) is 5.48. The molecular formula is C12H16O3. The van der Waals surface area contributed by atoms with Gasteiger partial charge in [-0.05, 0) is 32.1 Å². The lowest BCUT2D eigenvalue weighted by Crippen LogP contribution is -2.40. The molecule has 82 valence electrons. The first kappa shape index (κ1) is 10.4. The Bertz CT molecular complexity index is 332. The van der Waals surface area contributed by atoms with Gasteiger partial charge in [-0.1, -0.05) is 12.2 Å². The molecule has 0 aromatic rings. The first-order chi connectivity index (χ1) is 7.10. The second kappa shape index (κ2) is 3.47. The van der Waals surface area contributed by atoms with E-state index in [1.54, 1.807) is 6.92 Å². The summed E-state index contributed by atoms with van der Waals surface area (Å²) in [6.07, 6.45) is 2.50. The van der Waals surface area contributed by atoms with Crippen LogP contribution in [0.4, 0.5) is 0 Å². The highest BCUT2D eigenvalue weighted by Gasteiger charge is 2.55. The van der Waals surface area contributed by atoms with Crippen LogP contribution < -0.4 is 0 Å². The molecule has 2 atom stereocenters. The van der Waals surface area contributed by atoms with Crippen molar-refractivity contribution in [3.63, 3.8) is 0 Å². The zero-order chi connectivity index (χ0) is 11.1. The predicted octanol–water partition coefficient (Wildman–Crippen LogP) is 1.86. The van der Waals surface area contributed by atoms with Crippen molar-refractivity contribution >= 4 is 11.8 Å². The van der Waals surface area contributed by atoms with Gasteiger partial charge in [0.25, 0.3) is 0 Å². The van der Waals surface area contributed by atoms with E-state index in [-0.39, 0.29) is 11.8 Å². The first-order valence-electron chi connectivity index (χ1n) is 5.48. The maximum absolute atomic E-state index is 11.9. The molecule has 0 saturated heterocycles. The lowest BCUT2D eigenvalue weighted by atomic mass is 9.74. The number of carbonyl (C=O) groups excluding carboxylic acids is 2. The monoisotopic (exact) mass is 208 g/mol. The average Bonchev–Trinajstić information content (AvgIpc) is 2.49. The van der Waals surface area contributed by atoms with Crippen molar-refractivity contribution in [1.82, 2.24) is 0 Å². The van der Waals surface area contributed by atoms with E-state index in [1.165, 1.54) is 0 Å². The smallest absolute Gasteiger partial charge is 0.319 e. The molecule has 0 unspecified atom stereocenters. The van der Waals surface area contributed by atoms with Crippen LogP contribution in [0, 0.1) is 11.3 Å². The number of Topliss-reactive ketones (excluding diaryl/α,β-unsaturated/α-hetero) is 1. The molecule has 2 fully saturated rings. The highest BCUT2D eigenvalue weighted by atomic mass is 16.5. The molecule has 2 rings (SSSR count). The summed E-state index contributed by atoms with van der Waals surface area (Å²) in [5.41, 5.74) is 0.185. The van der Waals surface area contributed by atoms with Crippen LogP contribution in [0.1, 0.15) is 32.6 Å². The van der Waals surface area contributed by atoms with Crippen LogP contribution in [0.2, 0.25) is 0 Å². The standard InChI is InChI=1S/C12H16O3/c1-3-15-11(14)12-6-8(2)9(7-12)4-5-10(12)13/h9H,2-7H2,1H3/t9-,12+/m1/s1. The van der Waals surface area contributed by atoms with E-state index in [0.717, 1.165) is 12.0 Å². The van der Waals surface area contributed by atoms with E-state index in [2.05, 4.69) is 6.58 Å². The Morgan fingerprint density at radius 1 is 1.67 bits per heavy atom. The molecule has 0 aromatic carbocycles. The second-order valence-corrected chi connectivity index (χ2v) is 4.50. The van der Waals surface area contributed by atoms with E-state index >= 15 is 0 Å². The van der Waals surface area contributed by atoms with Gasteiger partial charge in [-0.2, -0.15) is 0 Å². The highest BCUT2D eigenvalue weighted by molar-refractivity contribution is 6.05. The van der Waals surface area contributed by atoms with E-state index in [4.69, 9.17) is 4.74 Å². The Hall–Kier alpha value is -1.12. The van der Waals surface area contributed by atoms with Gasteiger partial charge in [0.05, 0.1) is 6.61 Å². The molecule has 0 radical (unpaired) electrons. The van der Waals surface area contributed by atoms with E-state index in [1.807, 2.05) is 0 Å². The number of esters is 1. The Morgan fingerprint density at radius 2 is 2.40 bits per heavy atom. The highest BCUT2D eigenvalue weighted by Crippen LogP contribution is 2.52. The number of hydrogen-bond acceptors (Lipinski definition) is 3. The molecule has 2 saturated carbocycles. The molecule has 0 amide bonds. The third-order valence-corrected chi connectivity index (χ3v) is 3.62. The Kier molecular flexibility index (Phi) is 2.41. The van der Waals surface area contributed by atoms with Crippen LogP contribution in [0.25, 0.3) is 0 Å². The lowest BCUT2D eigenvalue weighted by Gasteiger charge is -2.28. The third-order valence-electron chi connectivity index (χ3n) is 3.62. The number of rotatable bonds is 2. The van der Waals surface area contributed by atoms with Crippen LogP contribution in [0.15, 0.2) is 12.2 Å². The van der Waals surface area contributed by atoms with Gasteiger partial charge >= 0.3 is 5.97 Å². The fraction of sp³-hybridized carbons (Fsp3) is 0.667. The SMILES string of the molecule is C=C1C[C@]2(C(=O)OCC)C[C@H]1CCC2=O. The molecule has 0 heterocycles.